The number of β-amino-alcohol motifs (C(OH)–C–C–N with tert-alkyl or cyclic N) is 1. The first-order valence-electron chi connectivity index (χ1n) is 12.3. The summed E-state index contributed by atoms with van der Waals surface area (Å²) < 4.78 is 81.5. The van der Waals surface area contributed by atoms with E-state index in [2.05, 4.69) is 4.98 Å². The highest BCUT2D eigenvalue weighted by atomic mass is 19.4. The van der Waals surface area contributed by atoms with Crippen LogP contribution in [0.4, 0.5) is 32.0 Å². The lowest BCUT2D eigenvalue weighted by Crippen LogP contribution is -2.53. The second-order valence-corrected chi connectivity index (χ2v) is 9.67. The lowest BCUT2D eigenvalue weighted by atomic mass is 9.92. The minimum Gasteiger partial charge on any atom is -0.391 e. The van der Waals surface area contributed by atoms with E-state index in [0.29, 0.717) is 42.8 Å². The Balaban J connectivity index is 1.66. The standard InChI is InChI=1S/C28H23F6N3O3/c29-27(30,31)26(40,28(32,33)34)18-6-8-19(9-7-18)37-24(14-17-4-2-1-3-5-17)35-23-11-10-20(15-22(23)25(37)39)36-13-12-21(38)16-36/h1-11,15,21,38,40H,12-14,16H2. The summed E-state index contributed by atoms with van der Waals surface area (Å²) >= 11 is 0. The molecule has 1 aliphatic heterocycles. The smallest absolute Gasteiger partial charge is 0.391 e. The highest BCUT2D eigenvalue weighted by Crippen LogP contribution is 2.50. The topological polar surface area (TPSA) is 78.6 Å². The highest BCUT2D eigenvalue weighted by molar-refractivity contribution is 5.82. The van der Waals surface area contributed by atoms with Crippen LogP contribution in [0.3, 0.4) is 0 Å². The van der Waals surface area contributed by atoms with Crippen LogP contribution in [0.1, 0.15) is 23.4 Å². The van der Waals surface area contributed by atoms with Gasteiger partial charge in [0.25, 0.3) is 11.2 Å². The average Bonchev–Trinajstić information content (AvgIpc) is 3.34. The third kappa shape index (κ3) is 4.81. The third-order valence-electron chi connectivity index (χ3n) is 7.02. The van der Waals surface area contributed by atoms with E-state index in [-0.39, 0.29) is 23.3 Å². The lowest BCUT2D eigenvalue weighted by molar-refractivity contribution is -0.376. The van der Waals surface area contributed by atoms with Crippen LogP contribution in [0.25, 0.3) is 16.6 Å². The van der Waals surface area contributed by atoms with E-state index in [1.165, 1.54) is 0 Å². The van der Waals surface area contributed by atoms with Gasteiger partial charge in [-0.3, -0.25) is 9.36 Å². The maximum atomic E-state index is 13.8. The van der Waals surface area contributed by atoms with Crippen molar-refractivity contribution >= 4 is 16.6 Å². The highest BCUT2D eigenvalue weighted by Gasteiger charge is 2.71. The van der Waals surface area contributed by atoms with Crippen LogP contribution in [-0.4, -0.2) is 51.3 Å². The molecule has 1 atom stereocenters. The summed E-state index contributed by atoms with van der Waals surface area (Å²) in [7, 11) is 0. The zero-order chi connectivity index (χ0) is 28.9. The zero-order valence-electron chi connectivity index (χ0n) is 20.7. The number of hydrogen-bond acceptors (Lipinski definition) is 5. The largest absolute Gasteiger partial charge is 0.430 e. The summed E-state index contributed by atoms with van der Waals surface area (Å²) in [6.07, 6.45) is -11.9. The van der Waals surface area contributed by atoms with Gasteiger partial charge in [0.2, 0.25) is 0 Å². The Hall–Kier alpha value is -3.90. The first-order chi connectivity index (χ1) is 18.8. The number of hydrogen-bond donors (Lipinski definition) is 2. The van der Waals surface area contributed by atoms with Gasteiger partial charge in [-0.2, -0.15) is 26.3 Å². The van der Waals surface area contributed by atoms with Crippen molar-refractivity contribution in [3.63, 3.8) is 0 Å². The fourth-order valence-electron chi connectivity index (χ4n) is 4.90. The summed E-state index contributed by atoms with van der Waals surface area (Å²) in [6.45, 7) is 0.950. The molecule has 6 nitrogen and oxygen atoms in total. The van der Waals surface area contributed by atoms with E-state index >= 15 is 0 Å². The van der Waals surface area contributed by atoms with Crippen molar-refractivity contribution in [3.05, 3.63) is 100 Å². The van der Waals surface area contributed by atoms with Crippen LogP contribution in [-0.2, 0) is 12.0 Å². The average molecular weight is 563 g/mol. The number of benzene rings is 3. The molecule has 1 unspecified atom stereocenters. The van der Waals surface area contributed by atoms with Crippen LogP contribution in [0.2, 0.25) is 0 Å². The minimum absolute atomic E-state index is 0.0252. The quantitative estimate of drug-likeness (QED) is 0.339. The Bertz CT molecular complexity index is 1570. The van der Waals surface area contributed by atoms with Gasteiger partial charge in [0.1, 0.15) is 5.82 Å². The van der Waals surface area contributed by atoms with E-state index in [4.69, 9.17) is 0 Å². The Labute approximate surface area is 223 Å². The van der Waals surface area contributed by atoms with Crippen molar-refractivity contribution in [3.8, 4) is 5.69 Å². The van der Waals surface area contributed by atoms with Gasteiger partial charge in [-0.15, -0.1) is 0 Å². The molecule has 0 bridgehead atoms. The van der Waals surface area contributed by atoms with Gasteiger partial charge in [0.05, 0.1) is 22.7 Å². The number of rotatable bonds is 5. The second kappa shape index (κ2) is 9.93. The van der Waals surface area contributed by atoms with Gasteiger partial charge >= 0.3 is 12.4 Å². The molecule has 0 saturated carbocycles. The normalized spacial score (nSPS) is 16.6. The van der Waals surface area contributed by atoms with Crippen molar-refractivity contribution in [1.29, 1.82) is 0 Å². The molecule has 2 heterocycles. The van der Waals surface area contributed by atoms with Crippen LogP contribution >= 0.6 is 0 Å². The predicted octanol–water partition coefficient (Wildman–Crippen LogP) is 4.86. The maximum absolute atomic E-state index is 13.8. The molecule has 0 aliphatic carbocycles. The van der Waals surface area contributed by atoms with Crippen molar-refractivity contribution < 1.29 is 36.6 Å². The number of aromatic nitrogens is 2. The van der Waals surface area contributed by atoms with Crippen LogP contribution in [0.5, 0.6) is 0 Å². The number of alkyl halides is 6. The number of fused-ring (bicyclic) bond motifs is 1. The van der Waals surface area contributed by atoms with Gasteiger partial charge in [0, 0.05) is 30.8 Å². The summed E-state index contributed by atoms with van der Waals surface area (Å²) in [5.41, 5.74) is -5.33. The van der Waals surface area contributed by atoms with Gasteiger partial charge in [0.15, 0.2) is 0 Å². The number of aliphatic hydroxyl groups excluding tert-OH is 1. The van der Waals surface area contributed by atoms with Gasteiger partial charge < -0.3 is 15.1 Å². The van der Waals surface area contributed by atoms with E-state index < -0.39 is 35.2 Å². The molecule has 1 aliphatic rings. The fraction of sp³-hybridized carbons (Fsp3) is 0.286. The Kier molecular flexibility index (Phi) is 6.87. The van der Waals surface area contributed by atoms with E-state index in [0.717, 1.165) is 22.3 Å². The number of halogens is 6. The molecule has 5 rings (SSSR count). The molecule has 210 valence electrons. The molecule has 0 radical (unpaired) electrons. The molecular weight excluding hydrogens is 540 g/mol. The summed E-state index contributed by atoms with van der Waals surface area (Å²) in [6, 6.07) is 16.8. The number of aliphatic hydroxyl groups is 2. The monoisotopic (exact) mass is 563 g/mol. The summed E-state index contributed by atoms with van der Waals surface area (Å²) in [4.78, 5) is 20.3. The molecule has 0 amide bonds. The molecule has 0 spiro atoms. The molecule has 1 aromatic heterocycles. The third-order valence-corrected chi connectivity index (χ3v) is 7.02. The summed E-state index contributed by atoms with van der Waals surface area (Å²) in [5.74, 6) is 0.211. The first kappa shape index (κ1) is 27.7. The molecule has 12 heteroatoms. The van der Waals surface area contributed by atoms with E-state index in [9.17, 15) is 41.4 Å². The molecular formula is C28H23F6N3O3. The van der Waals surface area contributed by atoms with Crippen molar-refractivity contribution in [1.82, 2.24) is 9.55 Å². The fourth-order valence-corrected chi connectivity index (χ4v) is 4.90. The zero-order valence-corrected chi connectivity index (χ0v) is 20.7. The maximum Gasteiger partial charge on any atom is 0.430 e. The second-order valence-electron chi connectivity index (χ2n) is 9.67. The predicted molar refractivity (Wildman–Crippen MR) is 135 cm³/mol. The number of nitrogens with zero attached hydrogens (tertiary/aromatic N) is 3. The lowest BCUT2D eigenvalue weighted by Gasteiger charge is -2.32. The first-order valence-corrected chi connectivity index (χ1v) is 12.3. The molecule has 3 aromatic carbocycles. The van der Waals surface area contributed by atoms with Gasteiger partial charge in [-0.1, -0.05) is 42.5 Å². The van der Waals surface area contributed by atoms with Crippen LogP contribution in [0, 0.1) is 0 Å². The Morgan fingerprint density at radius 1 is 0.875 bits per heavy atom. The van der Waals surface area contributed by atoms with Crippen molar-refractivity contribution in [2.75, 3.05) is 18.0 Å². The molecule has 2 N–H and O–H groups in total. The van der Waals surface area contributed by atoms with Crippen molar-refractivity contribution in [2.24, 2.45) is 0 Å². The molecule has 1 saturated heterocycles. The van der Waals surface area contributed by atoms with Crippen LogP contribution < -0.4 is 10.5 Å². The Morgan fingerprint density at radius 3 is 2.08 bits per heavy atom. The van der Waals surface area contributed by atoms with Gasteiger partial charge in [-0.25, -0.2) is 4.98 Å². The SMILES string of the molecule is O=c1c2cc(N3CCC(O)C3)ccc2nc(Cc2ccccc2)n1-c1ccc(C(O)(C(F)(F)F)C(F)(F)F)cc1. The minimum atomic E-state index is -6.04. The van der Waals surface area contributed by atoms with E-state index in [1.54, 1.807) is 48.5 Å². The molecule has 40 heavy (non-hydrogen) atoms. The van der Waals surface area contributed by atoms with E-state index in [1.807, 2.05) is 4.90 Å². The van der Waals surface area contributed by atoms with Crippen LogP contribution in [0.15, 0.2) is 77.6 Å². The number of anilines is 1. The van der Waals surface area contributed by atoms with Gasteiger partial charge in [-0.05, 0) is 42.3 Å². The summed E-state index contributed by atoms with van der Waals surface area (Å²) in [5, 5.41) is 19.8. The Morgan fingerprint density at radius 2 is 1.50 bits per heavy atom. The molecule has 1 fully saturated rings. The molecule has 4 aromatic rings. The van der Waals surface area contributed by atoms with Crippen molar-refractivity contribution in [2.45, 2.75) is 36.9 Å².